The molecule has 2 heterocycles. The molecule has 2 aromatic rings. The van der Waals surface area contributed by atoms with Gasteiger partial charge in [0.2, 0.25) is 11.8 Å². The number of amides is 2. The molecule has 1 aromatic heterocycles. The van der Waals surface area contributed by atoms with E-state index in [1.165, 1.54) is 7.11 Å². The molecule has 1 N–H and O–H groups in total. The van der Waals surface area contributed by atoms with Crippen molar-refractivity contribution in [3.05, 3.63) is 35.5 Å². The molecule has 1 aromatic carbocycles. The van der Waals surface area contributed by atoms with Gasteiger partial charge in [0.15, 0.2) is 5.82 Å². The molecule has 1 saturated heterocycles. The minimum atomic E-state index is -0.451. The molecule has 0 radical (unpaired) electrons. The maximum Gasteiger partial charge on any atom is 0.255 e. The van der Waals surface area contributed by atoms with Gasteiger partial charge in [0.25, 0.3) is 5.91 Å². The number of carbonyl (C=O) groups excluding carboxylic acids is 2. The zero-order chi connectivity index (χ0) is 23.0. The van der Waals surface area contributed by atoms with Crippen molar-refractivity contribution in [2.75, 3.05) is 27.3 Å². The number of methoxy groups -OCH3 is 2. The number of ether oxygens (including phenoxy) is 2. The van der Waals surface area contributed by atoms with Crippen molar-refractivity contribution in [1.82, 2.24) is 20.4 Å². The summed E-state index contributed by atoms with van der Waals surface area (Å²) in [5.41, 5.74) is -0.00189. The van der Waals surface area contributed by atoms with E-state index in [9.17, 15) is 9.59 Å². The zero-order valence-electron chi connectivity index (χ0n) is 19.2. The molecule has 9 nitrogen and oxygen atoms in total. The lowest BCUT2D eigenvalue weighted by molar-refractivity contribution is -0.133. The van der Waals surface area contributed by atoms with Crippen LogP contribution in [0.3, 0.4) is 0 Å². The lowest BCUT2D eigenvalue weighted by Crippen LogP contribution is -2.40. The first-order valence-corrected chi connectivity index (χ1v) is 10.9. The Bertz CT molecular complexity index is 1020. The van der Waals surface area contributed by atoms with Crippen LogP contribution in [0.1, 0.15) is 48.8 Å². The molecule has 9 heteroatoms. The largest absolute Gasteiger partial charge is 0.497 e. The fourth-order valence-electron chi connectivity index (χ4n) is 5.09. The average molecular weight is 443 g/mol. The minimum absolute atomic E-state index is 0.0756. The number of likely N-dealkylation sites (tertiary alicyclic amines) is 1. The lowest BCUT2D eigenvalue weighted by Gasteiger charge is -2.26. The number of hydrogen-bond acceptors (Lipinski definition) is 7. The smallest absolute Gasteiger partial charge is 0.255 e. The van der Waals surface area contributed by atoms with Gasteiger partial charge in [-0.15, -0.1) is 0 Å². The first kappa shape index (κ1) is 22.1. The molecule has 4 rings (SSSR count). The number of nitrogens with zero attached hydrogens (tertiary/aromatic N) is 3. The van der Waals surface area contributed by atoms with Gasteiger partial charge in [0.05, 0.1) is 25.2 Å². The minimum Gasteiger partial charge on any atom is -0.497 e. The summed E-state index contributed by atoms with van der Waals surface area (Å²) >= 11 is 0. The summed E-state index contributed by atoms with van der Waals surface area (Å²) in [5, 5.41) is 7.14. The highest BCUT2D eigenvalue weighted by molar-refractivity contribution is 5.97. The van der Waals surface area contributed by atoms with Gasteiger partial charge in [0.1, 0.15) is 11.5 Å². The maximum atomic E-state index is 13.1. The molecule has 3 unspecified atom stereocenters. The molecule has 1 saturated carbocycles. The molecule has 0 spiro atoms. The van der Waals surface area contributed by atoms with Crippen molar-refractivity contribution in [3.63, 3.8) is 0 Å². The van der Waals surface area contributed by atoms with Crippen LogP contribution in [0.2, 0.25) is 0 Å². The van der Waals surface area contributed by atoms with Gasteiger partial charge in [-0.25, -0.2) is 0 Å². The molecule has 172 valence electrons. The zero-order valence-corrected chi connectivity index (χ0v) is 19.2. The van der Waals surface area contributed by atoms with Crippen molar-refractivity contribution in [1.29, 1.82) is 0 Å². The molecule has 32 heavy (non-hydrogen) atoms. The van der Waals surface area contributed by atoms with Gasteiger partial charge in [-0.3, -0.25) is 9.59 Å². The summed E-state index contributed by atoms with van der Waals surface area (Å²) < 4.78 is 16.2. The SMILES string of the molecule is COc1ccc(C(=O)NC2CC3CN(C(=O)C(C)C)CC3(c3nc(C)no3)C2)c(OC)c1. The summed E-state index contributed by atoms with van der Waals surface area (Å²) in [5.74, 6) is 2.17. The van der Waals surface area contributed by atoms with Crippen LogP contribution in [0.25, 0.3) is 0 Å². The van der Waals surface area contributed by atoms with E-state index >= 15 is 0 Å². The van der Waals surface area contributed by atoms with Crippen molar-refractivity contribution in [3.8, 4) is 11.5 Å². The second-order valence-electron chi connectivity index (χ2n) is 9.05. The van der Waals surface area contributed by atoms with E-state index in [-0.39, 0.29) is 29.7 Å². The van der Waals surface area contributed by atoms with E-state index in [0.717, 1.165) is 6.42 Å². The molecular weight excluding hydrogens is 412 g/mol. The molecule has 0 bridgehead atoms. The number of hydrogen-bond donors (Lipinski definition) is 1. The first-order valence-electron chi connectivity index (χ1n) is 10.9. The highest BCUT2D eigenvalue weighted by atomic mass is 16.5. The third kappa shape index (κ3) is 3.80. The Morgan fingerprint density at radius 1 is 1.28 bits per heavy atom. The van der Waals surface area contributed by atoms with Gasteiger partial charge in [-0.05, 0) is 37.8 Å². The summed E-state index contributed by atoms with van der Waals surface area (Å²) in [7, 11) is 3.09. The van der Waals surface area contributed by atoms with E-state index < -0.39 is 5.41 Å². The Morgan fingerprint density at radius 2 is 2.06 bits per heavy atom. The van der Waals surface area contributed by atoms with E-state index in [1.54, 1.807) is 32.2 Å². The predicted octanol–water partition coefficient (Wildman–Crippen LogP) is 2.34. The van der Waals surface area contributed by atoms with Crippen LogP contribution in [0.15, 0.2) is 22.7 Å². The molecule has 2 fully saturated rings. The van der Waals surface area contributed by atoms with Gasteiger partial charge >= 0.3 is 0 Å². The molecule has 1 aliphatic heterocycles. The van der Waals surface area contributed by atoms with E-state index in [4.69, 9.17) is 14.0 Å². The number of nitrogens with one attached hydrogen (secondary N) is 1. The van der Waals surface area contributed by atoms with E-state index in [1.807, 2.05) is 18.7 Å². The van der Waals surface area contributed by atoms with Gasteiger partial charge in [-0.1, -0.05) is 19.0 Å². The van der Waals surface area contributed by atoms with Gasteiger partial charge in [-0.2, -0.15) is 4.98 Å². The van der Waals surface area contributed by atoms with Crippen LogP contribution in [0, 0.1) is 18.8 Å². The highest BCUT2D eigenvalue weighted by Crippen LogP contribution is 2.50. The third-order valence-electron chi connectivity index (χ3n) is 6.62. The van der Waals surface area contributed by atoms with Crippen molar-refractivity contribution in [2.45, 2.75) is 45.1 Å². The van der Waals surface area contributed by atoms with Crippen molar-refractivity contribution >= 4 is 11.8 Å². The first-order chi connectivity index (χ1) is 15.3. The normalized spacial score (nSPS) is 24.5. The third-order valence-corrected chi connectivity index (χ3v) is 6.62. The van der Waals surface area contributed by atoms with Crippen LogP contribution in [-0.2, 0) is 10.2 Å². The Morgan fingerprint density at radius 3 is 2.69 bits per heavy atom. The number of fused-ring (bicyclic) bond motifs is 1. The Hall–Kier alpha value is -3.10. The van der Waals surface area contributed by atoms with Crippen LogP contribution in [0.5, 0.6) is 11.5 Å². The average Bonchev–Trinajstić information content (AvgIpc) is 3.45. The molecule has 3 atom stereocenters. The van der Waals surface area contributed by atoms with Crippen LogP contribution in [0.4, 0.5) is 0 Å². The predicted molar refractivity (Wildman–Crippen MR) is 116 cm³/mol. The fraction of sp³-hybridized carbons (Fsp3) is 0.565. The number of aromatic nitrogens is 2. The monoisotopic (exact) mass is 442 g/mol. The van der Waals surface area contributed by atoms with Gasteiger partial charge in [0, 0.05) is 31.1 Å². The fourth-order valence-corrected chi connectivity index (χ4v) is 5.09. The van der Waals surface area contributed by atoms with Crippen LogP contribution < -0.4 is 14.8 Å². The summed E-state index contributed by atoms with van der Waals surface area (Å²) in [4.78, 5) is 32.2. The Balaban J connectivity index is 1.55. The van der Waals surface area contributed by atoms with Crippen LogP contribution >= 0.6 is 0 Å². The second-order valence-corrected chi connectivity index (χ2v) is 9.05. The summed E-state index contributed by atoms with van der Waals surface area (Å²) in [6.45, 7) is 6.75. The van der Waals surface area contributed by atoms with Gasteiger partial charge < -0.3 is 24.2 Å². The molecular formula is C23H30N4O5. The van der Waals surface area contributed by atoms with E-state index in [2.05, 4.69) is 15.5 Å². The Labute approximate surface area is 187 Å². The highest BCUT2D eigenvalue weighted by Gasteiger charge is 2.58. The summed E-state index contributed by atoms with van der Waals surface area (Å²) in [6, 6.07) is 5.04. The second kappa shape index (κ2) is 8.44. The maximum absolute atomic E-state index is 13.1. The summed E-state index contributed by atoms with van der Waals surface area (Å²) in [6.07, 6.45) is 1.36. The molecule has 2 amide bonds. The number of aryl methyl sites for hydroxylation is 1. The van der Waals surface area contributed by atoms with Crippen molar-refractivity contribution < 1.29 is 23.6 Å². The topological polar surface area (TPSA) is 107 Å². The lowest BCUT2D eigenvalue weighted by atomic mass is 9.80. The number of benzene rings is 1. The number of rotatable bonds is 6. The van der Waals surface area contributed by atoms with Crippen LogP contribution in [-0.4, -0.2) is 60.2 Å². The number of carbonyl (C=O) groups is 2. The quantitative estimate of drug-likeness (QED) is 0.732. The Kier molecular flexibility index (Phi) is 5.83. The van der Waals surface area contributed by atoms with E-state index in [0.29, 0.717) is 48.3 Å². The van der Waals surface area contributed by atoms with Crippen molar-refractivity contribution in [2.24, 2.45) is 11.8 Å². The molecule has 1 aliphatic carbocycles. The standard InChI is InChI=1S/C23H30N4O5/c1-13(2)21(29)27-11-15-8-16(10-23(15,12-27)22-24-14(3)26-32-22)25-20(28)18-7-6-17(30-4)9-19(18)31-5/h6-7,9,13,15-16H,8,10-12H2,1-5H3,(H,25,28). The molecule has 2 aliphatic rings.